The van der Waals surface area contributed by atoms with Crippen LogP contribution in [0.3, 0.4) is 0 Å². The van der Waals surface area contributed by atoms with Gasteiger partial charge in [-0.1, -0.05) is 13.8 Å². The van der Waals surface area contributed by atoms with Crippen molar-refractivity contribution in [2.45, 2.75) is 39.7 Å². The first-order valence-electron chi connectivity index (χ1n) is 6.19. The van der Waals surface area contributed by atoms with E-state index in [4.69, 9.17) is 0 Å². The van der Waals surface area contributed by atoms with Crippen molar-refractivity contribution in [3.05, 3.63) is 29.6 Å². The Bertz CT molecular complexity index is 418. The van der Waals surface area contributed by atoms with Crippen LogP contribution in [-0.4, -0.2) is 17.1 Å². The van der Waals surface area contributed by atoms with Crippen LogP contribution in [0.2, 0.25) is 0 Å². The number of aromatic hydroxyl groups is 1. The number of amides is 1. The quantitative estimate of drug-likeness (QED) is 0.847. The molecule has 1 unspecified atom stereocenters. The number of phenols is 1. The largest absolute Gasteiger partial charge is 0.507 e. The molecule has 1 amide bonds. The SMILES string of the molecule is CC(C)CCC(C)NC(=O)c1ccc(F)cc1O. The molecule has 0 aromatic heterocycles. The van der Waals surface area contributed by atoms with Crippen LogP contribution in [0.25, 0.3) is 0 Å². The fourth-order valence-electron chi connectivity index (χ4n) is 1.65. The van der Waals surface area contributed by atoms with E-state index in [0.29, 0.717) is 5.92 Å². The summed E-state index contributed by atoms with van der Waals surface area (Å²) in [6.45, 7) is 6.17. The van der Waals surface area contributed by atoms with Crippen molar-refractivity contribution in [2.24, 2.45) is 5.92 Å². The van der Waals surface area contributed by atoms with E-state index in [2.05, 4.69) is 19.2 Å². The van der Waals surface area contributed by atoms with E-state index in [0.717, 1.165) is 25.0 Å². The molecule has 0 aliphatic rings. The van der Waals surface area contributed by atoms with Crippen molar-refractivity contribution in [2.75, 3.05) is 0 Å². The number of benzene rings is 1. The topological polar surface area (TPSA) is 49.3 Å². The maximum atomic E-state index is 12.8. The Morgan fingerprint density at radius 2 is 2.00 bits per heavy atom. The molecule has 1 aromatic carbocycles. The van der Waals surface area contributed by atoms with Crippen molar-refractivity contribution >= 4 is 5.91 Å². The minimum absolute atomic E-state index is 0.0318. The minimum Gasteiger partial charge on any atom is -0.507 e. The summed E-state index contributed by atoms with van der Waals surface area (Å²) in [5, 5.41) is 12.3. The number of carbonyl (C=O) groups excluding carboxylic acids is 1. The van der Waals surface area contributed by atoms with Crippen LogP contribution in [0.15, 0.2) is 18.2 Å². The summed E-state index contributed by atoms with van der Waals surface area (Å²) in [4.78, 5) is 11.8. The molecule has 0 saturated heterocycles. The van der Waals surface area contributed by atoms with Gasteiger partial charge in [-0.3, -0.25) is 4.79 Å². The fraction of sp³-hybridized carbons (Fsp3) is 0.500. The third-order valence-electron chi connectivity index (χ3n) is 2.76. The summed E-state index contributed by atoms with van der Waals surface area (Å²) >= 11 is 0. The van der Waals surface area contributed by atoms with Crippen LogP contribution in [0.4, 0.5) is 4.39 Å². The van der Waals surface area contributed by atoms with E-state index in [1.807, 2.05) is 6.92 Å². The zero-order valence-electron chi connectivity index (χ0n) is 11.0. The average Bonchev–Trinajstić information content (AvgIpc) is 2.26. The van der Waals surface area contributed by atoms with Crippen LogP contribution in [0.5, 0.6) is 5.75 Å². The Morgan fingerprint density at radius 1 is 1.33 bits per heavy atom. The van der Waals surface area contributed by atoms with Gasteiger partial charge >= 0.3 is 0 Å². The lowest BCUT2D eigenvalue weighted by atomic mass is 10.0. The number of carbonyl (C=O) groups is 1. The molecule has 100 valence electrons. The molecule has 0 saturated carbocycles. The second-order valence-corrected chi connectivity index (χ2v) is 5.01. The van der Waals surface area contributed by atoms with Crippen LogP contribution in [-0.2, 0) is 0 Å². The van der Waals surface area contributed by atoms with E-state index in [9.17, 15) is 14.3 Å². The Balaban J connectivity index is 2.59. The smallest absolute Gasteiger partial charge is 0.255 e. The van der Waals surface area contributed by atoms with Crippen molar-refractivity contribution in [1.29, 1.82) is 0 Å². The van der Waals surface area contributed by atoms with Crippen molar-refractivity contribution in [3.8, 4) is 5.75 Å². The van der Waals surface area contributed by atoms with Gasteiger partial charge in [0.2, 0.25) is 0 Å². The first-order valence-corrected chi connectivity index (χ1v) is 6.19. The standard InChI is InChI=1S/C14H20FNO2/c1-9(2)4-5-10(3)16-14(18)12-7-6-11(15)8-13(12)17/h6-10,17H,4-5H2,1-3H3,(H,16,18). The van der Waals surface area contributed by atoms with Gasteiger partial charge in [-0.2, -0.15) is 0 Å². The molecule has 0 spiro atoms. The summed E-state index contributed by atoms with van der Waals surface area (Å²) < 4.78 is 12.8. The summed E-state index contributed by atoms with van der Waals surface area (Å²) in [7, 11) is 0. The summed E-state index contributed by atoms with van der Waals surface area (Å²) in [5.74, 6) is -0.673. The van der Waals surface area contributed by atoms with E-state index in [1.165, 1.54) is 6.07 Å². The van der Waals surface area contributed by atoms with Gasteiger partial charge in [-0.05, 0) is 37.8 Å². The van der Waals surface area contributed by atoms with Crippen LogP contribution < -0.4 is 5.32 Å². The van der Waals surface area contributed by atoms with E-state index in [-0.39, 0.29) is 23.3 Å². The molecule has 0 radical (unpaired) electrons. The molecule has 4 heteroatoms. The van der Waals surface area contributed by atoms with Gasteiger partial charge in [0.25, 0.3) is 5.91 Å². The lowest BCUT2D eigenvalue weighted by molar-refractivity contribution is 0.0934. The highest BCUT2D eigenvalue weighted by Crippen LogP contribution is 2.18. The van der Waals surface area contributed by atoms with Crippen LogP contribution >= 0.6 is 0 Å². The molecular weight excluding hydrogens is 233 g/mol. The first-order chi connectivity index (χ1) is 8.40. The van der Waals surface area contributed by atoms with E-state index < -0.39 is 5.82 Å². The van der Waals surface area contributed by atoms with E-state index in [1.54, 1.807) is 0 Å². The number of hydrogen-bond donors (Lipinski definition) is 2. The molecule has 1 aromatic rings. The molecular formula is C14H20FNO2. The van der Waals surface area contributed by atoms with Gasteiger partial charge in [0.05, 0.1) is 5.56 Å². The molecule has 1 atom stereocenters. The number of hydrogen-bond acceptors (Lipinski definition) is 2. The molecule has 0 aliphatic carbocycles. The fourth-order valence-corrected chi connectivity index (χ4v) is 1.65. The number of rotatable bonds is 5. The monoisotopic (exact) mass is 253 g/mol. The van der Waals surface area contributed by atoms with Gasteiger partial charge in [0, 0.05) is 12.1 Å². The summed E-state index contributed by atoms with van der Waals surface area (Å²) in [5.41, 5.74) is 0.104. The maximum absolute atomic E-state index is 12.8. The predicted octanol–water partition coefficient (Wildman–Crippen LogP) is 3.09. The third-order valence-corrected chi connectivity index (χ3v) is 2.76. The number of nitrogens with one attached hydrogen (secondary N) is 1. The molecule has 2 N–H and O–H groups in total. The molecule has 0 heterocycles. The van der Waals surface area contributed by atoms with Crippen molar-refractivity contribution < 1.29 is 14.3 Å². The molecule has 0 bridgehead atoms. The third kappa shape index (κ3) is 4.35. The predicted molar refractivity (Wildman–Crippen MR) is 69.1 cm³/mol. The first kappa shape index (κ1) is 14.5. The molecule has 18 heavy (non-hydrogen) atoms. The minimum atomic E-state index is -0.558. The normalized spacial score (nSPS) is 12.5. The number of phenolic OH excluding ortho intramolecular Hbond substituents is 1. The lowest BCUT2D eigenvalue weighted by Gasteiger charge is -2.15. The van der Waals surface area contributed by atoms with Gasteiger partial charge < -0.3 is 10.4 Å². The van der Waals surface area contributed by atoms with Crippen molar-refractivity contribution in [3.63, 3.8) is 0 Å². The van der Waals surface area contributed by atoms with Crippen LogP contribution in [0, 0.1) is 11.7 Å². The Morgan fingerprint density at radius 3 is 2.56 bits per heavy atom. The van der Waals surface area contributed by atoms with Crippen LogP contribution in [0.1, 0.15) is 44.0 Å². The highest BCUT2D eigenvalue weighted by molar-refractivity contribution is 5.96. The summed E-state index contributed by atoms with van der Waals surface area (Å²) in [6, 6.07) is 3.42. The van der Waals surface area contributed by atoms with Crippen molar-refractivity contribution in [1.82, 2.24) is 5.32 Å². The molecule has 1 rings (SSSR count). The number of halogens is 1. The summed E-state index contributed by atoms with van der Waals surface area (Å²) in [6.07, 6.45) is 1.90. The molecule has 0 fully saturated rings. The van der Waals surface area contributed by atoms with Gasteiger partial charge in [0.1, 0.15) is 11.6 Å². The van der Waals surface area contributed by atoms with Gasteiger partial charge in [0.15, 0.2) is 0 Å². The molecule has 0 aliphatic heterocycles. The van der Waals surface area contributed by atoms with E-state index >= 15 is 0 Å². The Labute approximate surface area is 107 Å². The second kappa shape index (κ2) is 6.38. The molecule has 3 nitrogen and oxygen atoms in total. The second-order valence-electron chi connectivity index (χ2n) is 5.01. The zero-order valence-corrected chi connectivity index (χ0v) is 11.0. The Kier molecular flexibility index (Phi) is 5.13. The lowest BCUT2D eigenvalue weighted by Crippen LogP contribution is -2.32. The zero-order chi connectivity index (χ0) is 13.7. The van der Waals surface area contributed by atoms with Gasteiger partial charge in [-0.15, -0.1) is 0 Å². The highest BCUT2D eigenvalue weighted by atomic mass is 19.1. The maximum Gasteiger partial charge on any atom is 0.255 e. The highest BCUT2D eigenvalue weighted by Gasteiger charge is 2.14. The van der Waals surface area contributed by atoms with Gasteiger partial charge in [-0.25, -0.2) is 4.39 Å². The Hall–Kier alpha value is -1.58. The average molecular weight is 253 g/mol.